The van der Waals surface area contributed by atoms with E-state index in [1.54, 1.807) is 25.2 Å². The first kappa shape index (κ1) is 18.2. The molecule has 0 bridgehead atoms. The molecule has 25 heavy (non-hydrogen) atoms. The van der Waals surface area contributed by atoms with E-state index < -0.39 is 0 Å². The maximum Gasteiger partial charge on any atom is 0.270 e. The van der Waals surface area contributed by atoms with Gasteiger partial charge in [-0.05, 0) is 54.7 Å². The van der Waals surface area contributed by atoms with Gasteiger partial charge in [-0.1, -0.05) is 20.8 Å². The summed E-state index contributed by atoms with van der Waals surface area (Å²) in [5, 5.41) is 1.09. The van der Waals surface area contributed by atoms with Crippen LogP contribution in [0, 0.1) is 11.3 Å². The maximum absolute atomic E-state index is 12.7. The first-order valence-corrected chi connectivity index (χ1v) is 9.31. The highest BCUT2D eigenvalue weighted by molar-refractivity contribution is 6.28. The van der Waals surface area contributed by atoms with Gasteiger partial charge >= 0.3 is 0 Å². The summed E-state index contributed by atoms with van der Waals surface area (Å²) in [5.41, 5.74) is 1.78. The molecular weight excluding hydrogens is 336 g/mol. The Morgan fingerprint density at radius 2 is 1.88 bits per heavy atom. The van der Waals surface area contributed by atoms with Crippen molar-refractivity contribution in [1.82, 2.24) is 19.4 Å². The minimum atomic E-state index is -0.00735. The lowest BCUT2D eigenvalue weighted by molar-refractivity contribution is 0.0809. The second-order valence-electron chi connectivity index (χ2n) is 8.39. The van der Waals surface area contributed by atoms with Gasteiger partial charge in [-0.15, -0.1) is 0 Å². The zero-order valence-electron chi connectivity index (χ0n) is 15.7. The Bertz CT molecular complexity index is 783. The maximum atomic E-state index is 12.7. The van der Waals surface area contributed by atoms with Crippen molar-refractivity contribution in [3.63, 3.8) is 0 Å². The van der Waals surface area contributed by atoms with Crippen LogP contribution in [0.3, 0.4) is 0 Å². The van der Waals surface area contributed by atoms with Crippen LogP contribution in [0.15, 0.2) is 12.3 Å². The lowest BCUT2D eigenvalue weighted by Gasteiger charge is -2.38. The molecule has 6 heteroatoms. The summed E-state index contributed by atoms with van der Waals surface area (Å²) in [6.07, 6.45) is 6.15. The van der Waals surface area contributed by atoms with E-state index in [0.717, 1.165) is 29.8 Å². The molecule has 0 atom stereocenters. The van der Waals surface area contributed by atoms with Crippen LogP contribution in [0.5, 0.6) is 0 Å². The topological polar surface area (TPSA) is 51.0 Å². The van der Waals surface area contributed by atoms with Gasteiger partial charge in [0.05, 0.1) is 0 Å². The smallest absolute Gasteiger partial charge is 0.270 e. The Labute approximate surface area is 154 Å². The quantitative estimate of drug-likeness (QED) is 0.735. The van der Waals surface area contributed by atoms with Gasteiger partial charge in [0.15, 0.2) is 0 Å². The monoisotopic (exact) mass is 362 g/mol. The molecule has 0 N–H and O–H groups in total. The van der Waals surface area contributed by atoms with Crippen LogP contribution >= 0.6 is 11.6 Å². The van der Waals surface area contributed by atoms with Crippen LogP contribution in [0.2, 0.25) is 5.28 Å². The predicted molar refractivity (Wildman–Crippen MR) is 101 cm³/mol. The minimum absolute atomic E-state index is 0.00735. The number of amides is 1. The molecule has 0 aliphatic heterocycles. The molecule has 1 fully saturated rings. The van der Waals surface area contributed by atoms with Crippen molar-refractivity contribution in [1.29, 1.82) is 0 Å². The fourth-order valence-corrected chi connectivity index (χ4v) is 4.08. The Kier molecular flexibility index (Phi) is 4.80. The van der Waals surface area contributed by atoms with Crippen molar-refractivity contribution in [2.45, 2.75) is 52.5 Å². The normalized spacial score (nSPS) is 21.5. The predicted octanol–water partition coefficient (Wildman–Crippen LogP) is 4.56. The number of nitrogens with zero attached hydrogens (tertiary/aromatic N) is 4. The molecular formula is C19H27ClN4O. The molecule has 3 rings (SSSR count). The van der Waals surface area contributed by atoms with Crippen LogP contribution in [-0.2, 0) is 0 Å². The molecule has 2 heterocycles. The number of carbonyl (C=O) groups is 1. The van der Waals surface area contributed by atoms with Crippen molar-refractivity contribution in [3.8, 4) is 0 Å². The van der Waals surface area contributed by atoms with Crippen molar-refractivity contribution < 1.29 is 4.79 Å². The Morgan fingerprint density at radius 1 is 1.24 bits per heavy atom. The third-order valence-electron chi connectivity index (χ3n) is 5.46. The zero-order valence-corrected chi connectivity index (χ0v) is 16.5. The van der Waals surface area contributed by atoms with Gasteiger partial charge in [-0.3, -0.25) is 4.79 Å². The first-order chi connectivity index (χ1) is 11.7. The van der Waals surface area contributed by atoms with Crippen molar-refractivity contribution in [3.05, 3.63) is 23.2 Å². The van der Waals surface area contributed by atoms with Crippen LogP contribution in [0.1, 0.15) is 63.0 Å². The molecule has 136 valence electrons. The van der Waals surface area contributed by atoms with Crippen molar-refractivity contribution in [2.24, 2.45) is 11.3 Å². The number of halogens is 1. The zero-order chi connectivity index (χ0) is 18.4. The van der Waals surface area contributed by atoms with E-state index in [-0.39, 0.29) is 17.2 Å². The van der Waals surface area contributed by atoms with E-state index in [0.29, 0.717) is 11.1 Å². The van der Waals surface area contributed by atoms with Gasteiger partial charge in [0, 0.05) is 31.7 Å². The Balaban J connectivity index is 2.01. The molecule has 0 aromatic carbocycles. The summed E-state index contributed by atoms with van der Waals surface area (Å²) in [7, 11) is 3.55. The number of carbonyl (C=O) groups excluding carboxylic acids is 1. The summed E-state index contributed by atoms with van der Waals surface area (Å²) in [4.78, 5) is 22.8. The average Bonchev–Trinajstić information content (AvgIpc) is 2.91. The van der Waals surface area contributed by atoms with Gasteiger partial charge in [-0.25, -0.2) is 4.98 Å². The number of fused-ring (bicyclic) bond motifs is 1. The molecule has 0 saturated heterocycles. The summed E-state index contributed by atoms with van der Waals surface area (Å²) < 4.78 is 2.10. The lowest BCUT2D eigenvalue weighted by atomic mass is 9.71. The molecule has 0 unspecified atom stereocenters. The third-order valence-corrected chi connectivity index (χ3v) is 5.64. The molecule has 0 spiro atoms. The number of aromatic nitrogens is 3. The third kappa shape index (κ3) is 3.52. The Hall–Kier alpha value is -1.62. The molecule has 5 nitrogen and oxygen atoms in total. The van der Waals surface area contributed by atoms with Crippen LogP contribution < -0.4 is 0 Å². The highest BCUT2D eigenvalue weighted by atomic mass is 35.5. The largest absolute Gasteiger partial charge is 0.343 e. The fraction of sp³-hybridized carbons (Fsp3) is 0.632. The van der Waals surface area contributed by atoms with Gasteiger partial charge < -0.3 is 9.47 Å². The minimum Gasteiger partial charge on any atom is -0.343 e. The van der Waals surface area contributed by atoms with Crippen LogP contribution in [0.25, 0.3) is 11.0 Å². The van der Waals surface area contributed by atoms with Crippen LogP contribution in [-0.4, -0.2) is 39.4 Å². The van der Waals surface area contributed by atoms with E-state index >= 15 is 0 Å². The van der Waals surface area contributed by atoms with E-state index in [1.165, 1.54) is 12.8 Å². The highest BCUT2D eigenvalue weighted by Gasteiger charge is 2.32. The highest BCUT2D eigenvalue weighted by Crippen LogP contribution is 2.42. The fourth-order valence-electron chi connectivity index (χ4n) is 3.95. The van der Waals surface area contributed by atoms with E-state index in [2.05, 4.69) is 35.3 Å². The van der Waals surface area contributed by atoms with E-state index in [1.807, 2.05) is 6.07 Å². The molecule has 1 aliphatic carbocycles. The molecule has 1 saturated carbocycles. The number of hydrogen-bond donors (Lipinski definition) is 0. The molecule has 2 aromatic rings. The average molecular weight is 363 g/mol. The number of rotatable bonds is 2. The molecule has 1 aliphatic rings. The first-order valence-electron chi connectivity index (χ1n) is 8.93. The van der Waals surface area contributed by atoms with Crippen LogP contribution in [0.4, 0.5) is 0 Å². The van der Waals surface area contributed by atoms with Crippen molar-refractivity contribution in [2.75, 3.05) is 14.1 Å². The Morgan fingerprint density at radius 3 is 2.44 bits per heavy atom. The molecule has 0 radical (unpaired) electrons. The summed E-state index contributed by atoms with van der Waals surface area (Å²) in [5.74, 6) is 0.712. The SMILES string of the molecule is CN(C)C(=O)c1cc2cnc(Cl)nc2n1C1CCC(C(C)(C)C)CC1. The molecule has 2 aromatic heterocycles. The number of hydrogen-bond acceptors (Lipinski definition) is 3. The lowest BCUT2D eigenvalue weighted by Crippen LogP contribution is -2.30. The van der Waals surface area contributed by atoms with Crippen molar-refractivity contribution >= 4 is 28.5 Å². The second kappa shape index (κ2) is 6.60. The van der Waals surface area contributed by atoms with Gasteiger partial charge in [-0.2, -0.15) is 4.98 Å². The summed E-state index contributed by atoms with van der Waals surface area (Å²) in [6.45, 7) is 6.95. The standard InChI is InChI=1S/C19H27ClN4O/c1-19(2,3)13-6-8-14(9-7-13)24-15(17(25)23(4)5)10-12-11-21-18(20)22-16(12)24/h10-11,13-14H,6-9H2,1-5H3. The van der Waals surface area contributed by atoms with Gasteiger partial charge in [0.2, 0.25) is 5.28 Å². The summed E-state index contributed by atoms with van der Waals surface area (Å²) in [6, 6.07) is 2.17. The van der Waals surface area contributed by atoms with Gasteiger partial charge in [0.1, 0.15) is 11.3 Å². The second-order valence-corrected chi connectivity index (χ2v) is 8.73. The van der Waals surface area contributed by atoms with E-state index in [9.17, 15) is 4.79 Å². The molecule has 1 amide bonds. The van der Waals surface area contributed by atoms with Gasteiger partial charge in [0.25, 0.3) is 5.91 Å². The summed E-state index contributed by atoms with van der Waals surface area (Å²) >= 11 is 6.03. The van der Waals surface area contributed by atoms with E-state index in [4.69, 9.17) is 11.6 Å².